The average molecular weight is 318 g/mol. The molecule has 4 heteroatoms. The molecule has 3 rings (SSSR count). The minimum Gasteiger partial charge on any atom is -0.381 e. The van der Waals surface area contributed by atoms with Gasteiger partial charge in [0.15, 0.2) is 0 Å². The van der Waals surface area contributed by atoms with Gasteiger partial charge in [-0.2, -0.15) is 5.11 Å². The number of benzene rings is 2. The molecule has 0 aliphatic rings. The van der Waals surface area contributed by atoms with E-state index in [1.54, 1.807) is 0 Å². The van der Waals surface area contributed by atoms with Crippen LogP contribution < -0.4 is 5.32 Å². The first-order valence-electron chi connectivity index (χ1n) is 8.11. The SMILES string of the molecule is Cc1ccccc1-c1c[nH]c(-c2ccc(NC(C)C)c(N=N)c2)c1. The molecule has 3 aromatic rings. The van der Waals surface area contributed by atoms with Gasteiger partial charge in [0, 0.05) is 29.1 Å². The highest BCUT2D eigenvalue weighted by Gasteiger charge is 2.09. The maximum atomic E-state index is 7.43. The minimum atomic E-state index is 0.300. The summed E-state index contributed by atoms with van der Waals surface area (Å²) >= 11 is 0. The largest absolute Gasteiger partial charge is 0.381 e. The molecule has 0 atom stereocenters. The van der Waals surface area contributed by atoms with Crippen LogP contribution in [-0.2, 0) is 0 Å². The highest BCUT2D eigenvalue weighted by Crippen LogP contribution is 2.33. The average Bonchev–Trinajstić information content (AvgIpc) is 3.05. The zero-order chi connectivity index (χ0) is 17.1. The predicted octanol–water partition coefficient (Wildman–Crippen LogP) is 6.14. The minimum absolute atomic E-state index is 0.300. The van der Waals surface area contributed by atoms with Gasteiger partial charge in [0.25, 0.3) is 0 Å². The molecule has 0 bridgehead atoms. The summed E-state index contributed by atoms with van der Waals surface area (Å²) in [5.74, 6) is 0. The summed E-state index contributed by atoms with van der Waals surface area (Å²) in [5, 5.41) is 6.98. The number of anilines is 1. The Bertz CT molecular complexity index is 862. The van der Waals surface area contributed by atoms with E-state index in [0.717, 1.165) is 22.5 Å². The predicted molar refractivity (Wildman–Crippen MR) is 100.0 cm³/mol. The van der Waals surface area contributed by atoms with Gasteiger partial charge in [-0.1, -0.05) is 30.3 Å². The van der Waals surface area contributed by atoms with E-state index in [1.807, 2.05) is 24.4 Å². The number of aryl methyl sites for hydroxylation is 1. The summed E-state index contributed by atoms with van der Waals surface area (Å²) in [6, 6.07) is 16.8. The van der Waals surface area contributed by atoms with Crippen LogP contribution in [0.4, 0.5) is 11.4 Å². The fourth-order valence-corrected chi connectivity index (χ4v) is 2.84. The van der Waals surface area contributed by atoms with Crippen LogP contribution in [0.5, 0.6) is 0 Å². The number of hydrogen-bond donors (Lipinski definition) is 3. The van der Waals surface area contributed by atoms with Gasteiger partial charge in [-0.25, -0.2) is 5.53 Å². The molecule has 0 spiro atoms. The molecule has 0 saturated carbocycles. The van der Waals surface area contributed by atoms with E-state index in [1.165, 1.54) is 11.1 Å². The first kappa shape index (κ1) is 16.0. The van der Waals surface area contributed by atoms with Crippen LogP contribution in [0.1, 0.15) is 19.4 Å². The van der Waals surface area contributed by atoms with E-state index < -0.39 is 0 Å². The number of aromatic nitrogens is 1. The van der Waals surface area contributed by atoms with Crippen molar-refractivity contribution in [2.45, 2.75) is 26.8 Å². The van der Waals surface area contributed by atoms with E-state index >= 15 is 0 Å². The smallest absolute Gasteiger partial charge is 0.109 e. The van der Waals surface area contributed by atoms with E-state index in [4.69, 9.17) is 5.53 Å². The van der Waals surface area contributed by atoms with Crippen LogP contribution in [-0.4, -0.2) is 11.0 Å². The van der Waals surface area contributed by atoms with Crippen molar-refractivity contribution >= 4 is 11.4 Å². The van der Waals surface area contributed by atoms with Crippen LogP contribution in [0.2, 0.25) is 0 Å². The summed E-state index contributed by atoms with van der Waals surface area (Å²) in [4.78, 5) is 3.34. The Morgan fingerprint density at radius 3 is 2.54 bits per heavy atom. The summed E-state index contributed by atoms with van der Waals surface area (Å²) < 4.78 is 0. The molecular weight excluding hydrogens is 296 g/mol. The Hall–Kier alpha value is -2.88. The van der Waals surface area contributed by atoms with Crippen LogP contribution in [0.15, 0.2) is 59.8 Å². The first-order valence-corrected chi connectivity index (χ1v) is 8.11. The van der Waals surface area contributed by atoms with Gasteiger partial charge < -0.3 is 10.3 Å². The monoisotopic (exact) mass is 318 g/mol. The van der Waals surface area contributed by atoms with Crippen molar-refractivity contribution in [2.24, 2.45) is 5.11 Å². The number of nitrogens with zero attached hydrogens (tertiary/aromatic N) is 1. The van der Waals surface area contributed by atoms with Crippen molar-refractivity contribution in [1.29, 1.82) is 5.53 Å². The lowest BCUT2D eigenvalue weighted by atomic mass is 10.0. The molecule has 0 unspecified atom stereocenters. The number of rotatable bonds is 5. The van der Waals surface area contributed by atoms with E-state index in [0.29, 0.717) is 11.7 Å². The van der Waals surface area contributed by atoms with Gasteiger partial charge in [-0.15, -0.1) is 0 Å². The van der Waals surface area contributed by atoms with Crippen LogP contribution in [0.25, 0.3) is 22.4 Å². The molecular formula is C20H22N4. The molecule has 1 aromatic heterocycles. The van der Waals surface area contributed by atoms with Crippen molar-refractivity contribution in [2.75, 3.05) is 5.32 Å². The second-order valence-corrected chi connectivity index (χ2v) is 6.26. The Morgan fingerprint density at radius 2 is 1.83 bits per heavy atom. The van der Waals surface area contributed by atoms with Crippen molar-refractivity contribution in [1.82, 2.24) is 4.98 Å². The van der Waals surface area contributed by atoms with Crippen molar-refractivity contribution in [3.8, 4) is 22.4 Å². The summed E-state index contributed by atoms with van der Waals surface area (Å²) in [7, 11) is 0. The van der Waals surface area contributed by atoms with Gasteiger partial charge in [0.05, 0.1) is 5.69 Å². The molecule has 0 aliphatic heterocycles. The lowest BCUT2D eigenvalue weighted by molar-refractivity contribution is 0.898. The first-order chi connectivity index (χ1) is 11.6. The molecule has 0 amide bonds. The zero-order valence-corrected chi connectivity index (χ0v) is 14.2. The Kier molecular flexibility index (Phi) is 4.47. The zero-order valence-electron chi connectivity index (χ0n) is 14.2. The molecule has 4 nitrogen and oxygen atoms in total. The molecule has 0 aliphatic carbocycles. The topological polar surface area (TPSA) is 64.0 Å². The van der Waals surface area contributed by atoms with Gasteiger partial charge in [-0.05, 0) is 50.1 Å². The van der Waals surface area contributed by atoms with Gasteiger partial charge in [0.2, 0.25) is 0 Å². The number of H-pyrrole nitrogens is 1. The van der Waals surface area contributed by atoms with Crippen molar-refractivity contribution in [3.05, 3.63) is 60.3 Å². The third-order valence-electron chi connectivity index (χ3n) is 4.01. The standard InChI is InChI=1S/C20H22N4/c1-13(2)23-18-9-8-15(10-20(18)24-21)19-11-16(12-22-19)17-7-5-4-6-14(17)3/h4-13,21-23H,1-3H3. The van der Waals surface area contributed by atoms with Crippen molar-refractivity contribution in [3.63, 3.8) is 0 Å². The lowest BCUT2D eigenvalue weighted by Crippen LogP contribution is -2.09. The summed E-state index contributed by atoms with van der Waals surface area (Å²) in [6.07, 6.45) is 2.02. The molecule has 24 heavy (non-hydrogen) atoms. The molecule has 0 fully saturated rings. The highest BCUT2D eigenvalue weighted by molar-refractivity contribution is 5.78. The number of aromatic amines is 1. The Morgan fingerprint density at radius 1 is 1.04 bits per heavy atom. The number of hydrogen-bond acceptors (Lipinski definition) is 3. The normalized spacial score (nSPS) is 10.8. The third-order valence-corrected chi connectivity index (χ3v) is 4.01. The lowest BCUT2D eigenvalue weighted by Gasteiger charge is -2.12. The Balaban J connectivity index is 1.96. The third kappa shape index (κ3) is 3.23. The molecule has 0 radical (unpaired) electrons. The Labute approximate surface area is 142 Å². The van der Waals surface area contributed by atoms with Crippen LogP contribution >= 0.6 is 0 Å². The molecule has 0 saturated heterocycles. The maximum Gasteiger partial charge on any atom is 0.109 e. The van der Waals surface area contributed by atoms with E-state index in [-0.39, 0.29) is 0 Å². The quantitative estimate of drug-likeness (QED) is 0.486. The maximum absolute atomic E-state index is 7.43. The highest BCUT2D eigenvalue weighted by atomic mass is 15.0. The van der Waals surface area contributed by atoms with Gasteiger partial charge in [-0.3, -0.25) is 0 Å². The molecule has 2 aromatic carbocycles. The van der Waals surface area contributed by atoms with E-state index in [9.17, 15) is 0 Å². The fraction of sp³-hybridized carbons (Fsp3) is 0.200. The van der Waals surface area contributed by atoms with Crippen molar-refractivity contribution < 1.29 is 0 Å². The van der Waals surface area contributed by atoms with E-state index in [2.05, 4.69) is 66.5 Å². The summed E-state index contributed by atoms with van der Waals surface area (Å²) in [6.45, 7) is 6.26. The van der Waals surface area contributed by atoms with Crippen LogP contribution in [0, 0.1) is 12.5 Å². The molecule has 1 heterocycles. The summed E-state index contributed by atoms with van der Waals surface area (Å²) in [5.41, 5.74) is 14.6. The second kappa shape index (κ2) is 6.71. The van der Waals surface area contributed by atoms with Crippen LogP contribution in [0.3, 0.4) is 0 Å². The number of nitrogens with one attached hydrogen (secondary N) is 3. The molecule has 122 valence electrons. The van der Waals surface area contributed by atoms with Gasteiger partial charge in [0.1, 0.15) is 5.69 Å². The fourth-order valence-electron chi connectivity index (χ4n) is 2.84. The molecule has 3 N–H and O–H groups in total. The second-order valence-electron chi connectivity index (χ2n) is 6.26. The van der Waals surface area contributed by atoms with Gasteiger partial charge >= 0.3 is 0 Å².